The quantitative estimate of drug-likeness (QED) is 0.855. The summed E-state index contributed by atoms with van der Waals surface area (Å²) in [6.07, 6.45) is 7.75. The molecule has 1 heterocycles. The van der Waals surface area contributed by atoms with Crippen LogP contribution in [-0.4, -0.2) is 34.5 Å². The van der Waals surface area contributed by atoms with Crippen molar-refractivity contribution in [2.24, 2.45) is 11.8 Å². The van der Waals surface area contributed by atoms with Crippen molar-refractivity contribution in [3.63, 3.8) is 0 Å². The fourth-order valence-corrected chi connectivity index (χ4v) is 3.60. The van der Waals surface area contributed by atoms with Gasteiger partial charge in [0.05, 0.1) is 0 Å². The van der Waals surface area contributed by atoms with Gasteiger partial charge in [0, 0.05) is 13.0 Å². The van der Waals surface area contributed by atoms with E-state index in [0.29, 0.717) is 31.2 Å². The van der Waals surface area contributed by atoms with Crippen molar-refractivity contribution in [2.75, 3.05) is 6.54 Å². The van der Waals surface area contributed by atoms with Crippen molar-refractivity contribution < 1.29 is 14.7 Å². The monoisotopic (exact) mass is 267 g/mol. The number of aliphatic carboxylic acids is 1. The van der Waals surface area contributed by atoms with Crippen LogP contribution < -0.4 is 0 Å². The van der Waals surface area contributed by atoms with E-state index < -0.39 is 12.0 Å². The Labute approximate surface area is 115 Å². The van der Waals surface area contributed by atoms with Crippen LogP contribution in [0.2, 0.25) is 0 Å². The average molecular weight is 267 g/mol. The lowest BCUT2D eigenvalue weighted by molar-refractivity contribution is -0.152. The van der Waals surface area contributed by atoms with Crippen LogP contribution in [0.5, 0.6) is 0 Å². The van der Waals surface area contributed by atoms with Gasteiger partial charge in [0.25, 0.3) is 0 Å². The predicted octanol–water partition coefficient (Wildman–Crippen LogP) is 2.67. The van der Waals surface area contributed by atoms with E-state index in [1.807, 2.05) is 0 Å². The van der Waals surface area contributed by atoms with Crippen molar-refractivity contribution >= 4 is 11.9 Å². The summed E-state index contributed by atoms with van der Waals surface area (Å²) in [6, 6.07) is -0.581. The molecule has 3 atom stereocenters. The maximum atomic E-state index is 12.4. The molecule has 0 spiro atoms. The highest BCUT2D eigenvalue weighted by molar-refractivity contribution is 5.84. The third-order valence-corrected chi connectivity index (χ3v) is 4.62. The normalized spacial score (nSPS) is 32.1. The number of carbonyl (C=O) groups excluding carboxylic acids is 1. The summed E-state index contributed by atoms with van der Waals surface area (Å²) in [5.74, 6) is 0.395. The first-order valence-electron chi connectivity index (χ1n) is 7.60. The number of carboxylic acids is 1. The Morgan fingerprint density at radius 3 is 2.63 bits per heavy atom. The zero-order chi connectivity index (χ0) is 13.8. The van der Waals surface area contributed by atoms with Crippen LogP contribution in [0.25, 0.3) is 0 Å². The summed E-state index contributed by atoms with van der Waals surface area (Å²) in [5, 5.41) is 9.21. The van der Waals surface area contributed by atoms with Crippen molar-refractivity contribution in [3.8, 4) is 0 Å². The number of likely N-dealkylation sites (tertiary alicyclic amines) is 1. The van der Waals surface area contributed by atoms with Gasteiger partial charge in [-0.2, -0.15) is 0 Å². The molecule has 19 heavy (non-hydrogen) atoms. The van der Waals surface area contributed by atoms with E-state index in [0.717, 1.165) is 25.7 Å². The minimum atomic E-state index is -0.843. The molecule has 1 saturated carbocycles. The lowest BCUT2D eigenvalue weighted by Crippen LogP contribution is -2.48. The van der Waals surface area contributed by atoms with Crippen LogP contribution in [0, 0.1) is 11.8 Å². The Bertz CT molecular complexity index is 342. The lowest BCUT2D eigenvalue weighted by atomic mass is 9.80. The molecule has 1 aliphatic carbocycles. The van der Waals surface area contributed by atoms with E-state index in [1.54, 1.807) is 4.90 Å². The van der Waals surface area contributed by atoms with Gasteiger partial charge >= 0.3 is 5.97 Å². The van der Waals surface area contributed by atoms with Crippen LogP contribution in [-0.2, 0) is 9.59 Å². The highest BCUT2D eigenvalue weighted by Gasteiger charge is 2.33. The molecule has 0 bridgehead atoms. The van der Waals surface area contributed by atoms with E-state index in [-0.39, 0.29) is 5.91 Å². The zero-order valence-electron chi connectivity index (χ0n) is 11.8. The molecule has 2 fully saturated rings. The van der Waals surface area contributed by atoms with Crippen LogP contribution in [0.1, 0.15) is 58.3 Å². The molecule has 2 rings (SSSR count). The number of piperidine rings is 1. The Morgan fingerprint density at radius 2 is 1.95 bits per heavy atom. The second kappa shape index (κ2) is 6.40. The number of carbonyl (C=O) groups is 2. The number of amides is 1. The van der Waals surface area contributed by atoms with Gasteiger partial charge in [-0.05, 0) is 43.9 Å². The molecule has 0 aromatic rings. The first kappa shape index (κ1) is 14.4. The smallest absolute Gasteiger partial charge is 0.326 e. The topological polar surface area (TPSA) is 57.6 Å². The zero-order valence-corrected chi connectivity index (χ0v) is 11.8. The third kappa shape index (κ3) is 3.71. The van der Waals surface area contributed by atoms with Crippen molar-refractivity contribution in [2.45, 2.75) is 64.3 Å². The predicted molar refractivity (Wildman–Crippen MR) is 72.7 cm³/mol. The van der Waals surface area contributed by atoms with E-state index >= 15 is 0 Å². The Morgan fingerprint density at radius 1 is 1.16 bits per heavy atom. The molecule has 2 aliphatic rings. The lowest BCUT2D eigenvalue weighted by Gasteiger charge is -2.35. The van der Waals surface area contributed by atoms with Gasteiger partial charge in [0.15, 0.2) is 0 Å². The molecule has 0 aromatic carbocycles. The average Bonchev–Trinajstić information content (AvgIpc) is 2.38. The molecular weight excluding hydrogens is 242 g/mol. The summed E-state index contributed by atoms with van der Waals surface area (Å²) >= 11 is 0. The fourth-order valence-electron chi connectivity index (χ4n) is 3.60. The van der Waals surface area contributed by atoms with Gasteiger partial charge in [-0.1, -0.05) is 19.8 Å². The molecule has 1 aliphatic heterocycles. The molecule has 108 valence electrons. The molecule has 0 aromatic heterocycles. The van der Waals surface area contributed by atoms with Gasteiger partial charge in [-0.3, -0.25) is 4.79 Å². The summed E-state index contributed by atoms with van der Waals surface area (Å²) in [5.41, 5.74) is 0. The summed E-state index contributed by atoms with van der Waals surface area (Å²) in [7, 11) is 0. The molecule has 4 heteroatoms. The highest BCUT2D eigenvalue weighted by Crippen LogP contribution is 2.31. The molecule has 1 amide bonds. The number of hydrogen-bond acceptors (Lipinski definition) is 2. The third-order valence-electron chi connectivity index (χ3n) is 4.62. The Hall–Kier alpha value is -1.06. The first-order chi connectivity index (χ1) is 9.08. The van der Waals surface area contributed by atoms with Gasteiger partial charge in [-0.15, -0.1) is 0 Å². The van der Waals surface area contributed by atoms with Crippen LogP contribution in [0.3, 0.4) is 0 Å². The van der Waals surface area contributed by atoms with Gasteiger partial charge in [0.2, 0.25) is 5.91 Å². The maximum Gasteiger partial charge on any atom is 0.326 e. The molecule has 2 unspecified atom stereocenters. The van der Waals surface area contributed by atoms with Crippen molar-refractivity contribution in [1.82, 2.24) is 4.90 Å². The molecular formula is C15H25NO3. The van der Waals surface area contributed by atoms with Gasteiger partial charge in [0.1, 0.15) is 6.04 Å². The second-order valence-corrected chi connectivity index (χ2v) is 6.28. The molecule has 4 nitrogen and oxygen atoms in total. The van der Waals surface area contributed by atoms with Crippen LogP contribution in [0.15, 0.2) is 0 Å². The Kier molecular flexibility index (Phi) is 4.83. The fraction of sp³-hybridized carbons (Fsp3) is 0.867. The van der Waals surface area contributed by atoms with E-state index in [2.05, 4.69) is 6.92 Å². The SMILES string of the molecule is CC1CCCC(CC(=O)N2CCCC[C@@H]2C(=O)O)C1. The van der Waals surface area contributed by atoms with E-state index in [1.165, 1.54) is 12.8 Å². The van der Waals surface area contributed by atoms with Gasteiger partial charge < -0.3 is 10.0 Å². The maximum absolute atomic E-state index is 12.4. The highest BCUT2D eigenvalue weighted by atomic mass is 16.4. The summed E-state index contributed by atoms with van der Waals surface area (Å²) in [4.78, 5) is 25.2. The number of nitrogens with zero attached hydrogens (tertiary/aromatic N) is 1. The van der Waals surface area contributed by atoms with E-state index in [9.17, 15) is 14.7 Å². The minimum Gasteiger partial charge on any atom is -0.480 e. The molecule has 1 N–H and O–H groups in total. The molecule has 1 saturated heterocycles. The number of hydrogen-bond donors (Lipinski definition) is 1. The van der Waals surface area contributed by atoms with Gasteiger partial charge in [-0.25, -0.2) is 4.79 Å². The molecule has 0 radical (unpaired) electrons. The second-order valence-electron chi connectivity index (χ2n) is 6.28. The summed E-state index contributed by atoms with van der Waals surface area (Å²) in [6.45, 7) is 2.87. The van der Waals surface area contributed by atoms with Crippen molar-refractivity contribution in [1.29, 1.82) is 0 Å². The minimum absolute atomic E-state index is 0.0613. The Balaban J connectivity index is 1.92. The van der Waals surface area contributed by atoms with Crippen LogP contribution in [0.4, 0.5) is 0 Å². The number of carboxylic acid groups (broad SMARTS) is 1. The van der Waals surface area contributed by atoms with Crippen molar-refractivity contribution in [3.05, 3.63) is 0 Å². The summed E-state index contributed by atoms with van der Waals surface area (Å²) < 4.78 is 0. The first-order valence-corrected chi connectivity index (χ1v) is 7.60. The van der Waals surface area contributed by atoms with E-state index in [4.69, 9.17) is 0 Å². The number of rotatable bonds is 3. The largest absolute Gasteiger partial charge is 0.480 e. The standard InChI is InChI=1S/C15H25NO3/c1-11-5-4-6-12(9-11)10-14(17)16-8-3-2-7-13(16)15(18)19/h11-13H,2-10H2,1H3,(H,18,19)/t11?,12?,13-/m1/s1. The van der Waals surface area contributed by atoms with Crippen LogP contribution >= 0.6 is 0 Å².